The molecule has 0 N–H and O–H groups in total. The third-order valence-corrected chi connectivity index (χ3v) is 14.0. The summed E-state index contributed by atoms with van der Waals surface area (Å²) >= 11 is 0. The number of rotatable bonds is 59. The largest absolute Gasteiger partial charge is 0.462 e. The number of unbranched alkanes of at least 4 members (excludes halogenated alkanes) is 32. The van der Waals surface area contributed by atoms with Gasteiger partial charge in [0, 0.05) is 19.3 Å². The average molecular weight is 1070 g/mol. The zero-order chi connectivity index (χ0) is 55.7. The molecular formula is C71H122O6. The minimum Gasteiger partial charge on any atom is -0.462 e. The van der Waals surface area contributed by atoms with Crippen LogP contribution < -0.4 is 0 Å². The van der Waals surface area contributed by atoms with E-state index >= 15 is 0 Å². The first-order valence-corrected chi connectivity index (χ1v) is 32.7. The average Bonchev–Trinajstić information content (AvgIpc) is 3.43. The van der Waals surface area contributed by atoms with Gasteiger partial charge < -0.3 is 14.2 Å². The van der Waals surface area contributed by atoms with Crippen molar-refractivity contribution in [2.24, 2.45) is 0 Å². The topological polar surface area (TPSA) is 78.9 Å². The maximum absolute atomic E-state index is 12.9. The first kappa shape index (κ1) is 73.3. The van der Waals surface area contributed by atoms with E-state index in [4.69, 9.17) is 14.2 Å². The minimum absolute atomic E-state index is 0.0974. The number of hydrogen-bond donors (Lipinski definition) is 0. The van der Waals surface area contributed by atoms with E-state index < -0.39 is 6.10 Å². The third kappa shape index (κ3) is 63.0. The van der Waals surface area contributed by atoms with Crippen LogP contribution in [0.2, 0.25) is 0 Å². The highest BCUT2D eigenvalue weighted by Crippen LogP contribution is 2.16. The zero-order valence-electron chi connectivity index (χ0n) is 50.7. The second kappa shape index (κ2) is 64.9. The Kier molecular flexibility index (Phi) is 61.8. The van der Waals surface area contributed by atoms with Crippen molar-refractivity contribution < 1.29 is 28.6 Å². The van der Waals surface area contributed by atoms with Gasteiger partial charge in [-0.1, -0.05) is 272 Å². The van der Waals surface area contributed by atoms with Gasteiger partial charge in [0.1, 0.15) is 13.2 Å². The molecule has 0 saturated heterocycles. The van der Waals surface area contributed by atoms with Crippen LogP contribution in [0.4, 0.5) is 0 Å². The fraction of sp³-hybridized carbons (Fsp3) is 0.732. The number of ether oxygens (including phenoxy) is 3. The van der Waals surface area contributed by atoms with Crippen LogP contribution in [-0.2, 0) is 28.6 Å². The van der Waals surface area contributed by atoms with Gasteiger partial charge in [-0.05, 0) is 122 Å². The van der Waals surface area contributed by atoms with Crippen molar-refractivity contribution in [2.45, 2.75) is 322 Å². The van der Waals surface area contributed by atoms with Crippen LogP contribution in [0.15, 0.2) is 97.2 Å². The van der Waals surface area contributed by atoms with E-state index in [1.807, 2.05) is 0 Å². The lowest BCUT2D eigenvalue weighted by atomic mass is 10.0. The summed E-state index contributed by atoms with van der Waals surface area (Å²) in [6.45, 7) is 6.47. The molecule has 0 aromatic heterocycles. The van der Waals surface area contributed by atoms with Gasteiger partial charge in [0.05, 0.1) is 0 Å². The van der Waals surface area contributed by atoms with Crippen LogP contribution in [0.3, 0.4) is 0 Å². The third-order valence-electron chi connectivity index (χ3n) is 14.0. The molecule has 6 heteroatoms. The summed E-state index contributed by atoms with van der Waals surface area (Å²) in [4.78, 5) is 38.3. The Balaban J connectivity index is 4.27. The van der Waals surface area contributed by atoms with E-state index in [0.29, 0.717) is 19.3 Å². The summed E-state index contributed by atoms with van der Waals surface area (Å²) in [6.07, 6.45) is 87.2. The number of esters is 3. The van der Waals surface area contributed by atoms with E-state index in [0.717, 1.165) is 109 Å². The molecule has 0 saturated carbocycles. The van der Waals surface area contributed by atoms with Crippen molar-refractivity contribution in [3.8, 4) is 0 Å². The predicted octanol–water partition coefficient (Wildman–Crippen LogP) is 22.4. The molecule has 0 radical (unpaired) electrons. The van der Waals surface area contributed by atoms with Gasteiger partial charge in [-0.15, -0.1) is 0 Å². The molecule has 0 amide bonds. The molecule has 1 unspecified atom stereocenters. The van der Waals surface area contributed by atoms with Crippen molar-refractivity contribution >= 4 is 17.9 Å². The van der Waals surface area contributed by atoms with E-state index in [2.05, 4.69) is 118 Å². The highest BCUT2D eigenvalue weighted by atomic mass is 16.6. The summed E-state index contributed by atoms with van der Waals surface area (Å²) in [7, 11) is 0. The van der Waals surface area contributed by atoms with Crippen molar-refractivity contribution in [2.75, 3.05) is 13.2 Å². The number of carbonyl (C=O) groups is 3. The summed E-state index contributed by atoms with van der Waals surface area (Å²) in [6, 6.07) is 0. The maximum Gasteiger partial charge on any atom is 0.306 e. The van der Waals surface area contributed by atoms with Crippen molar-refractivity contribution in [3.63, 3.8) is 0 Å². The Morgan fingerprint density at radius 2 is 0.506 bits per heavy atom. The standard InChI is InChI=1S/C71H122O6/c1-4-7-10-13-16-19-22-25-28-29-30-31-32-33-34-35-36-37-38-39-40-41-44-46-49-52-55-58-61-64-70(73)76-67-68(77-71(74)65-62-59-56-53-50-47-43-27-24-21-18-15-12-9-6-3)66-75-69(72)63-60-57-54-51-48-45-42-26-23-20-17-14-11-8-5-2/h9,12,17-18,20-22,25-27,29-30,42-43,50,53,68H,4-8,10-11,13-16,19,23-24,28,31-41,44-49,51-52,54-67H2,1-3H3/b12-9-,20-17-,21-18-,25-22-,30-29-,42-26-,43-27-,53-50-. The molecule has 77 heavy (non-hydrogen) atoms. The highest BCUT2D eigenvalue weighted by molar-refractivity contribution is 5.71. The van der Waals surface area contributed by atoms with Crippen LogP contribution in [-0.4, -0.2) is 37.2 Å². The first-order chi connectivity index (χ1) is 38.0. The summed E-state index contributed by atoms with van der Waals surface area (Å²) in [5.41, 5.74) is 0. The minimum atomic E-state index is -0.806. The Labute approximate surface area is 477 Å². The molecule has 0 spiro atoms. The molecule has 442 valence electrons. The lowest BCUT2D eigenvalue weighted by Gasteiger charge is -2.18. The van der Waals surface area contributed by atoms with Crippen molar-refractivity contribution in [3.05, 3.63) is 97.2 Å². The molecule has 0 aromatic carbocycles. The maximum atomic E-state index is 12.9. The van der Waals surface area contributed by atoms with Crippen molar-refractivity contribution in [1.82, 2.24) is 0 Å². The van der Waals surface area contributed by atoms with Crippen LogP contribution in [0.25, 0.3) is 0 Å². The Bertz CT molecular complexity index is 1510. The van der Waals surface area contributed by atoms with E-state index in [9.17, 15) is 14.4 Å². The quantitative estimate of drug-likeness (QED) is 0.0261. The smallest absolute Gasteiger partial charge is 0.306 e. The number of hydrogen-bond acceptors (Lipinski definition) is 6. The monoisotopic (exact) mass is 1070 g/mol. The number of allylic oxidation sites excluding steroid dienone is 16. The van der Waals surface area contributed by atoms with Crippen molar-refractivity contribution in [1.29, 1.82) is 0 Å². The van der Waals surface area contributed by atoms with E-state index in [-0.39, 0.29) is 37.5 Å². The van der Waals surface area contributed by atoms with Gasteiger partial charge in [0.15, 0.2) is 6.10 Å². The van der Waals surface area contributed by atoms with Gasteiger partial charge in [-0.3, -0.25) is 14.4 Å². The van der Waals surface area contributed by atoms with Gasteiger partial charge in [0.2, 0.25) is 0 Å². The molecule has 0 bridgehead atoms. The van der Waals surface area contributed by atoms with Gasteiger partial charge >= 0.3 is 17.9 Å². The molecule has 0 aromatic rings. The Morgan fingerprint density at radius 3 is 0.844 bits per heavy atom. The van der Waals surface area contributed by atoms with Crippen LogP contribution in [0, 0.1) is 0 Å². The molecule has 0 aliphatic rings. The van der Waals surface area contributed by atoms with Crippen LogP contribution in [0.1, 0.15) is 316 Å². The SMILES string of the molecule is CC/C=C\C/C=C\C/C=C\C/C=C\CCCCC(=O)OC(COC(=O)CCCCCCC/C=C\C/C=C\CCCCC)COC(=O)CCCCCCCCCCCCCCCCCCC/C=C\C/C=C\CCCCCCC. The molecule has 0 aliphatic carbocycles. The summed E-state index contributed by atoms with van der Waals surface area (Å²) < 4.78 is 16.9. The summed E-state index contributed by atoms with van der Waals surface area (Å²) in [5, 5.41) is 0. The Morgan fingerprint density at radius 1 is 0.273 bits per heavy atom. The second-order valence-electron chi connectivity index (χ2n) is 21.6. The molecule has 0 fully saturated rings. The molecular weight excluding hydrogens is 949 g/mol. The van der Waals surface area contributed by atoms with Gasteiger partial charge in [0.25, 0.3) is 0 Å². The fourth-order valence-electron chi connectivity index (χ4n) is 9.14. The van der Waals surface area contributed by atoms with E-state index in [1.165, 1.54) is 161 Å². The Hall–Kier alpha value is -3.67. The molecule has 0 heterocycles. The number of carbonyl (C=O) groups excluding carboxylic acids is 3. The fourth-order valence-corrected chi connectivity index (χ4v) is 9.14. The van der Waals surface area contributed by atoms with Crippen LogP contribution in [0.5, 0.6) is 0 Å². The van der Waals surface area contributed by atoms with E-state index in [1.54, 1.807) is 0 Å². The van der Waals surface area contributed by atoms with Crippen LogP contribution >= 0.6 is 0 Å². The second-order valence-corrected chi connectivity index (χ2v) is 21.6. The molecule has 0 aliphatic heterocycles. The normalized spacial score (nSPS) is 12.7. The zero-order valence-corrected chi connectivity index (χ0v) is 50.7. The highest BCUT2D eigenvalue weighted by Gasteiger charge is 2.19. The molecule has 6 nitrogen and oxygen atoms in total. The summed E-state index contributed by atoms with van der Waals surface area (Å²) in [5.74, 6) is -0.945. The van der Waals surface area contributed by atoms with Gasteiger partial charge in [-0.2, -0.15) is 0 Å². The molecule has 1 atom stereocenters. The predicted molar refractivity (Wildman–Crippen MR) is 334 cm³/mol. The van der Waals surface area contributed by atoms with Gasteiger partial charge in [-0.25, -0.2) is 0 Å². The molecule has 0 rings (SSSR count). The first-order valence-electron chi connectivity index (χ1n) is 32.7. The lowest BCUT2D eigenvalue weighted by molar-refractivity contribution is -0.167. The lowest BCUT2D eigenvalue weighted by Crippen LogP contribution is -2.30.